The summed E-state index contributed by atoms with van der Waals surface area (Å²) in [5, 5.41) is 6.30. The molecule has 16 heavy (non-hydrogen) atoms. The Bertz CT molecular complexity index is 228. The van der Waals surface area contributed by atoms with E-state index in [0.717, 1.165) is 5.92 Å². The molecule has 0 aromatic heterocycles. The molecular weight excluding hydrogens is 200 g/mol. The molecule has 94 valence electrons. The SMILES string of the molecule is CC1CCC(C)C(NCC(=O)NC(C)C)C1. The second-order valence-electron chi connectivity index (χ2n) is 5.61. The molecule has 1 rings (SSSR count). The largest absolute Gasteiger partial charge is 0.353 e. The van der Waals surface area contributed by atoms with E-state index in [4.69, 9.17) is 0 Å². The highest BCUT2D eigenvalue weighted by molar-refractivity contribution is 5.78. The second-order valence-corrected chi connectivity index (χ2v) is 5.61. The maximum atomic E-state index is 11.5. The Balaban J connectivity index is 2.27. The van der Waals surface area contributed by atoms with E-state index in [2.05, 4.69) is 24.5 Å². The Morgan fingerprint density at radius 2 is 2.00 bits per heavy atom. The van der Waals surface area contributed by atoms with Crippen molar-refractivity contribution in [1.29, 1.82) is 0 Å². The van der Waals surface area contributed by atoms with E-state index in [9.17, 15) is 4.79 Å². The molecule has 3 atom stereocenters. The quantitative estimate of drug-likeness (QED) is 0.769. The lowest BCUT2D eigenvalue weighted by atomic mass is 9.80. The molecule has 0 saturated heterocycles. The molecule has 0 radical (unpaired) electrons. The van der Waals surface area contributed by atoms with E-state index in [1.165, 1.54) is 19.3 Å². The molecule has 0 aliphatic heterocycles. The van der Waals surface area contributed by atoms with Crippen molar-refractivity contribution < 1.29 is 4.79 Å². The van der Waals surface area contributed by atoms with E-state index >= 15 is 0 Å². The van der Waals surface area contributed by atoms with Crippen molar-refractivity contribution in [2.75, 3.05) is 6.54 Å². The summed E-state index contributed by atoms with van der Waals surface area (Å²) in [5.74, 6) is 1.60. The summed E-state index contributed by atoms with van der Waals surface area (Å²) >= 11 is 0. The molecule has 3 heteroatoms. The Kier molecular flexibility index (Phi) is 5.26. The van der Waals surface area contributed by atoms with Crippen LogP contribution in [0.15, 0.2) is 0 Å². The fourth-order valence-corrected chi connectivity index (χ4v) is 2.41. The number of hydrogen-bond acceptors (Lipinski definition) is 2. The molecule has 1 aliphatic carbocycles. The molecule has 3 unspecified atom stereocenters. The smallest absolute Gasteiger partial charge is 0.234 e. The van der Waals surface area contributed by atoms with Gasteiger partial charge in [0.05, 0.1) is 6.54 Å². The first-order chi connectivity index (χ1) is 7.49. The maximum absolute atomic E-state index is 11.5. The van der Waals surface area contributed by atoms with Crippen molar-refractivity contribution in [3.63, 3.8) is 0 Å². The third kappa shape index (κ3) is 4.52. The Hall–Kier alpha value is -0.570. The monoisotopic (exact) mass is 226 g/mol. The van der Waals surface area contributed by atoms with Crippen molar-refractivity contribution in [3.05, 3.63) is 0 Å². The minimum absolute atomic E-state index is 0.112. The minimum Gasteiger partial charge on any atom is -0.353 e. The van der Waals surface area contributed by atoms with E-state index in [-0.39, 0.29) is 11.9 Å². The number of carbonyl (C=O) groups excluding carboxylic acids is 1. The number of rotatable bonds is 4. The van der Waals surface area contributed by atoms with Crippen LogP contribution in [-0.2, 0) is 4.79 Å². The molecule has 3 nitrogen and oxygen atoms in total. The van der Waals surface area contributed by atoms with Crippen molar-refractivity contribution in [2.24, 2.45) is 11.8 Å². The molecule has 0 spiro atoms. The number of amides is 1. The fraction of sp³-hybridized carbons (Fsp3) is 0.923. The molecule has 1 amide bonds. The van der Waals surface area contributed by atoms with E-state index in [0.29, 0.717) is 18.5 Å². The van der Waals surface area contributed by atoms with Crippen LogP contribution in [0.4, 0.5) is 0 Å². The van der Waals surface area contributed by atoms with Crippen molar-refractivity contribution in [2.45, 2.75) is 59.0 Å². The van der Waals surface area contributed by atoms with Gasteiger partial charge in [0, 0.05) is 12.1 Å². The molecule has 0 aromatic carbocycles. The average molecular weight is 226 g/mol. The fourth-order valence-electron chi connectivity index (χ4n) is 2.41. The van der Waals surface area contributed by atoms with Crippen LogP contribution in [0.1, 0.15) is 47.0 Å². The molecule has 0 heterocycles. The highest BCUT2D eigenvalue weighted by Crippen LogP contribution is 2.28. The van der Waals surface area contributed by atoms with Crippen LogP contribution in [-0.4, -0.2) is 24.5 Å². The number of nitrogens with one attached hydrogen (secondary N) is 2. The standard InChI is InChI=1S/C13H26N2O/c1-9(2)15-13(16)8-14-12-7-10(3)5-6-11(12)4/h9-12,14H,5-8H2,1-4H3,(H,15,16). The Morgan fingerprint density at radius 3 is 2.62 bits per heavy atom. The molecule has 1 fully saturated rings. The van der Waals surface area contributed by atoms with Crippen LogP contribution in [0.5, 0.6) is 0 Å². The lowest BCUT2D eigenvalue weighted by molar-refractivity contribution is -0.121. The first-order valence-electron chi connectivity index (χ1n) is 6.51. The summed E-state index contributed by atoms with van der Waals surface area (Å²) in [6.45, 7) is 9.02. The van der Waals surface area contributed by atoms with Crippen molar-refractivity contribution in [1.82, 2.24) is 10.6 Å². The number of carbonyl (C=O) groups is 1. The third-order valence-electron chi connectivity index (χ3n) is 3.43. The number of hydrogen-bond donors (Lipinski definition) is 2. The predicted octanol–water partition coefficient (Wildman–Crippen LogP) is 1.93. The molecular formula is C13H26N2O. The van der Waals surface area contributed by atoms with Crippen LogP contribution in [0.3, 0.4) is 0 Å². The van der Waals surface area contributed by atoms with Crippen LogP contribution >= 0.6 is 0 Å². The van der Waals surface area contributed by atoms with Gasteiger partial charge in [0.25, 0.3) is 0 Å². The van der Waals surface area contributed by atoms with Gasteiger partial charge < -0.3 is 10.6 Å². The zero-order valence-corrected chi connectivity index (χ0v) is 11.0. The van der Waals surface area contributed by atoms with Gasteiger partial charge in [-0.3, -0.25) is 4.79 Å². The summed E-state index contributed by atoms with van der Waals surface area (Å²) < 4.78 is 0. The van der Waals surface area contributed by atoms with E-state index in [1.54, 1.807) is 0 Å². The predicted molar refractivity (Wildman–Crippen MR) is 67.2 cm³/mol. The molecule has 1 saturated carbocycles. The topological polar surface area (TPSA) is 41.1 Å². The summed E-state index contributed by atoms with van der Waals surface area (Å²) in [6.07, 6.45) is 3.82. The normalized spacial score (nSPS) is 30.4. The van der Waals surface area contributed by atoms with Crippen molar-refractivity contribution >= 4 is 5.91 Å². The van der Waals surface area contributed by atoms with E-state index < -0.39 is 0 Å². The van der Waals surface area contributed by atoms with E-state index in [1.807, 2.05) is 13.8 Å². The molecule has 1 aliphatic rings. The van der Waals surface area contributed by atoms with Gasteiger partial charge in [0.2, 0.25) is 5.91 Å². The average Bonchev–Trinajstić information content (AvgIpc) is 2.18. The summed E-state index contributed by atoms with van der Waals surface area (Å²) in [5.41, 5.74) is 0. The highest BCUT2D eigenvalue weighted by atomic mass is 16.1. The molecule has 0 aromatic rings. The van der Waals surface area contributed by atoms with Gasteiger partial charge in [-0.2, -0.15) is 0 Å². The summed E-state index contributed by atoms with van der Waals surface area (Å²) in [7, 11) is 0. The van der Waals surface area contributed by atoms with Gasteiger partial charge in [-0.05, 0) is 38.5 Å². The Morgan fingerprint density at radius 1 is 1.31 bits per heavy atom. The lowest BCUT2D eigenvalue weighted by Gasteiger charge is -2.33. The van der Waals surface area contributed by atoms with Gasteiger partial charge >= 0.3 is 0 Å². The first-order valence-corrected chi connectivity index (χ1v) is 6.51. The zero-order valence-electron chi connectivity index (χ0n) is 11.0. The van der Waals surface area contributed by atoms with Crippen LogP contribution in [0.2, 0.25) is 0 Å². The van der Waals surface area contributed by atoms with Gasteiger partial charge in [-0.25, -0.2) is 0 Å². The third-order valence-corrected chi connectivity index (χ3v) is 3.43. The van der Waals surface area contributed by atoms with Gasteiger partial charge in [0.15, 0.2) is 0 Å². The lowest BCUT2D eigenvalue weighted by Crippen LogP contribution is -2.45. The zero-order chi connectivity index (χ0) is 12.1. The second kappa shape index (κ2) is 6.24. The first kappa shape index (κ1) is 13.5. The summed E-state index contributed by atoms with van der Waals surface area (Å²) in [4.78, 5) is 11.5. The summed E-state index contributed by atoms with van der Waals surface area (Å²) in [6, 6.07) is 0.749. The minimum atomic E-state index is 0.112. The molecule has 2 N–H and O–H groups in total. The van der Waals surface area contributed by atoms with Gasteiger partial charge in [-0.15, -0.1) is 0 Å². The highest BCUT2D eigenvalue weighted by Gasteiger charge is 2.25. The van der Waals surface area contributed by atoms with Crippen molar-refractivity contribution in [3.8, 4) is 0 Å². The Labute approximate surface area is 99.4 Å². The maximum Gasteiger partial charge on any atom is 0.234 e. The van der Waals surface area contributed by atoms with Crippen LogP contribution in [0, 0.1) is 11.8 Å². The van der Waals surface area contributed by atoms with Gasteiger partial charge in [0.1, 0.15) is 0 Å². The van der Waals surface area contributed by atoms with Crippen LogP contribution in [0.25, 0.3) is 0 Å². The van der Waals surface area contributed by atoms with Crippen LogP contribution < -0.4 is 10.6 Å². The molecule has 0 bridgehead atoms. The van der Waals surface area contributed by atoms with Gasteiger partial charge in [-0.1, -0.05) is 20.3 Å².